The fraction of sp³-hybridized carbons (Fsp3) is 0.400. The van der Waals surface area contributed by atoms with Gasteiger partial charge in [-0.05, 0) is 61.7 Å². The smallest absolute Gasteiger partial charge is 0.338 e. The van der Waals surface area contributed by atoms with E-state index in [1.165, 1.54) is 0 Å². The van der Waals surface area contributed by atoms with Crippen molar-refractivity contribution in [1.82, 2.24) is 0 Å². The first-order chi connectivity index (χ1) is 14.9. The van der Waals surface area contributed by atoms with Gasteiger partial charge in [-0.25, -0.2) is 4.79 Å². The van der Waals surface area contributed by atoms with Crippen LogP contribution in [0.5, 0.6) is 0 Å². The molecule has 1 aliphatic heterocycles. The lowest BCUT2D eigenvalue weighted by atomic mass is 10.1. The van der Waals surface area contributed by atoms with Crippen molar-refractivity contribution < 1.29 is 19.1 Å². The summed E-state index contributed by atoms with van der Waals surface area (Å²) in [6, 6.07) is 12.6. The van der Waals surface area contributed by atoms with Crippen LogP contribution in [-0.2, 0) is 14.3 Å². The van der Waals surface area contributed by atoms with Gasteiger partial charge in [0.25, 0.3) is 0 Å². The third-order valence-electron chi connectivity index (χ3n) is 5.52. The quantitative estimate of drug-likeness (QED) is 0.497. The lowest BCUT2D eigenvalue weighted by Crippen LogP contribution is -2.28. The molecular weight excluding hydrogens is 392 g/mol. The Morgan fingerprint density at radius 3 is 2.55 bits per heavy atom. The number of rotatable bonds is 8. The molecule has 0 unspecified atom stereocenters. The number of nitrogens with zero attached hydrogens (tertiary/aromatic N) is 1. The van der Waals surface area contributed by atoms with Crippen molar-refractivity contribution in [2.75, 3.05) is 23.4 Å². The monoisotopic (exact) mass is 422 g/mol. The lowest BCUT2D eigenvalue weighted by Gasteiger charge is -2.19. The Morgan fingerprint density at radius 1 is 1.10 bits per heavy atom. The zero-order valence-electron chi connectivity index (χ0n) is 18.4. The fourth-order valence-corrected chi connectivity index (χ4v) is 3.66. The molecule has 0 radical (unpaired) electrons. The summed E-state index contributed by atoms with van der Waals surface area (Å²) in [4.78, 5) is 39.0. The molecule has 2 amide bonds. The molecule has 3 rings (SSSR count). The highest BCUT2D eigenvalue weighted by Crippen LogP contribution is 2.29. The number of carbonyl (C=O) groups is 3. The van der Waals surface area contributed by atoms with Crippen molar-refractivity contribution >= 4 is 29.2 Å². The summed E-state index contributed by atoms with van der Waals surface area (Å²) in [7, 11) is 0. The topological polar surface area (TPSA) is 75.7 Å². The molecule has 6 heteroatoms. The van der Waals surface area contributed by atoms with Crippen LogP contribution in [-0.4, -0.2) is 30.9 Å². The van der Waals surface area contributed by atoms with E-state index in [9.17, 15) is 14.4 Å². The first kappa shape index (κ1) is 22.5. The maximum absolute atomic E-state index is 12.7. The minimum Gasteiger partial charge on any atom is -0.462 e. The summed E-state index contributed by atoms with van der Waals surface area (Å²) in [6.07, 6.45) is 3.14. The van der Waals surface area contributed by atoms with Gasteiger partial charge >= 0.3 is 5.97 Å². The van der Waals surface area contributed by atoms with E-state index < -0.39 is 5.92 Å². The molecule has 0 saturated carbocycles. The summed E-state index contributed by atoms with van der Waals surface area (Å²) in [5, 5.41) is 2.86. The highest BCUT2D eigenvalue weighted by molar-refractivity contribution is 6.04. The minimum atomic E-state index is -0.421. The first-order valence-electron chi connectivity index (χ1n) is 10.8. The third-order valence-corrected chi connectivity index (χ3v) is 5.52. The van der Waals surface area contributed by atoms with Gasteiger partial charge in [0.15, 0.2) is 0 Å². The number of anilines is 2. The molecule has 0 aliphatic carbocycles. The van der Waals surface area contributed by atoms with Crippen LogP contribution in [0.25, 0.3) is 0 Å². The molecule has 1 heterocycles. The largest absolute Gasteiger partial charge is 0.462 e. The van der Waals surface area contributed by atoms with Gasteiger partial charge in [-0.1, -0.05) is 31.9 Å². The van der Waals surface area contributed by atoms with E-state index in [-0.39, 0.29) is 24.2 Å². The van der Waals surface area contributed by atoms with Crippen LogP contribution in [0.2, 0.25) is 0 Å². The Balaban J connectivity index is 1.57. The van der Waals surface area contributed by atoms with Crippen LogP contribution in [0.4, 0.5) is 11.4 Å². The SMILES string of the molecule is CCCCCOC(=O)c1ccc(NC(=O)[C@@H]2CC(=O)N(c3cc(C)ccc3C)C2)cc1. The summed E-state index contributed by atoms with van der Waals surface area (Å²) in [5.41, 5.74) is 3.99. The van der Waals surface area contributed by atoms with E-state index >= 15 is 0 Å². The van der Waals surface area contributed by atoms with Crippen LogP contribution in [0.15, 0.2) is 42.5 Å². The van der Waals surface area contributed by atoms with Gasteiger partial charge < -0.3 is 15.0 Å². The van der Waals surface area contributed by atoms with Gasteiger partial charge in [-0.2, -0.15) is 0 Å². The number of ether oxygens (including phenoxy) is 1. The summed E-state index contributed by atoms with van der Waals surface area (Å²) < 4.78 is 5.25. The van der Waals surface area contributed by atoms with Crippen molar-refractivity contribution in [3.05, 3.63) is 59.2 Å². The molecule has 6 nitrogen and oxygen atoms in total. The van der Waals surface area contributed by atoms with Crippen molar-refractivity contribution in [1.29, 1.82) is 0 Å². The van der Waals surface area contributed by atoms with E-state index in [2.05, 4.69) is 12.2 Å². The van der Waals surface area contributed by atoms with Gasteiger partial charge in [-0.3, -0.25) is 9.59 Å². The van der Waals surface area contributed by atoms with Crippen LogP contribution < -0.4 is 10.2 Å². The predicted molar refractivity (Wildman–Crippen MR) is 121 cm³/mol. The number of benzene rings is 2. The first-order valence-corrected chi connectivity index (χ1v) is 10.8. The van der Waals surface area contributed by atoms with Gasteiger partial charge in [0, 0.05) is 24.3 Å². The standard InChI is InChI=1S/C25H30N2O4/c1-4-5-6-13-31-25(30)19-9-11-21(12-10-19)26-24(29)20-15-23(28)27(16-20)22-14-17(2)7-8-18(22)3/h7-12,14,20H,4-6,13,15-16H2,1-3H3,(H,26,29)/t20-/m1/s1. The van der Waals surface area contributed by atoms with Gasteiger partial charge in [0.2, 0.25) is 11.8 Å². The van der Waals surface area contributed by atoms with Crippen LogP contribution >= 0.6 is 0 Å². The van der Waals surface area contributed by atoms with Crippen LogP contribution in [0, 0.1) is 19.8 Å². The van der Waals surface area contributed by atoms with Crippen LogP contribution in [0.3, 0.4) is 0 Å². The molecule has 2 aromatic rings. The lowest BCUT2D eigenvalue weighted by molar-refractivity contribution is -0.122. The van der Waals surface area contributed by atoms with Gasteiger partial charge in [0.1, 0.15) is 0 Å². The Hall–Kier alpha value is -3.15. The zero-order chi connectivity index (χ0) is 22.4. The number of carbonyl (C=O) groups excluding carboxylic acids is 3. The maximum atomic E-state index is 12.7. The molecule has 1 fully saturated rings. The second-order valence-corrected chi connectivity index (χ2v) is 8.10. The number of aryl methyl sites for hydroxylation is 2. The molecule has 2 aromatic carbocycles. The molecule has 1 saturated heterocycles. The molecule has 0 aromatic heterocycles. The summed E-state index contributed by atoms with van der Waals surface area (Å²) in [5.74, 6) is -1.03. The third kappa shape index (κ3) is 5.72. The molecule has 164 valence electrons. The Bertz CT molecular complexity index is 952. The van der Waals surface area contributed by atoms with Crippen LogP contribution in [0.1, 0.15) is 54.1 Å². The number of amides is 2. The Labute approximate surface area is 183 Å². The van der Waals surface area contributed by atoms with Crippen molar-refractivity contribution in [3.63, 3.8) is 0 Å². The molecule has 0 bridgehead atoms. The molecular formula is C25H30N2O4. The highest BCUT2D eigenvalue weighted by atomic mass is 16.5. The molecule has 1 aliphatic rings. The average molecular weight is 423 g/mol. The van der Waals surface area contributed by atoms with Gasteiger partial charge in [0.05, 0.1) is 18.1 Å². The number of hydrogen-bond acceptors (Lipinski definition) is 4. The van der Waals surface area contributed by atoms with Crippen molar-refractivity contribution in [2.24, 2.45) is 5.92 Å². The van der Waals surface area contributed by atoms with E-state index in [4.69, 9.17) is 4.74 Å². The molecule has 1 N–H and O–H groups in total. The van der Waals surface area contributed by atoms with E-state index in [1.54, 1.807) is 29.2 Å². The number of hydrogen-bond donors (Lipinski definition) is 1. The number of unbranched alkanes of at least 4 members (excludes halogenated alkanes) is 2. The van der Waals surface area contributed by atoms with Crippen molar-refractivity contribution in [2.45, 2.75) is 46.5 Å². The number of esters is 1. The Kier molecular flexibility index (Phi) is 7.45. The molecule has 0 spiro atoms. The molecule has 31 heavy (non-hydrogen) atoms. The second-order valence-electron chi connectivity index (χ2n) is 8.10. The van der Waals surface area contributed by atoms with Crippen molar-refractivity contribution in [3.8, 4) is 0 Å². The molecule has 1 atom stereocenters. The Morgan fingerprint density at radius 2 is 1.84 bits per heavy atom. The number of nitrogens with one attached hydrogen (secondary N) is 1. The van der Waals surface area contributed by atoms with E-state index in [0.29, 0.717) is 24.4 Å². The van der Waals surface area contributed by atoms with E-state index in [0.717, 1.165) is 36.1 Å². The summed E-state index contributed by atoms with van der Waals surface area (Å²) >= 11 is 0. The normalized spacial score (nSPS) is 15.8. The highest BCUT2D eigenvalue weighted by Gasteiger charge is 2.35. The van der Waals surface area contributed by atoms with E-state index in [1.807, 2.05) is 32.0 Å². The summed E-state index contributed by atoms with van der Waals surface area (Å²) in [6.45, 7) is 6.82. The fourth-order valence-electron chi connectivity index (χ4n) is 3.66. The van der Waals surface area contributed by atoms with Gasteiger partial charge in [-0.15, -0.1) is 0 Å². The second kappa shape index (κ2) is 10.2. The minimum absolute atomic E-state index is 0.0463. The maximum Gasteiger partial charge on any atom is 0.338 e. The predicted octanol–water partition coefficient (Wildman–Crippen LogP) is 4.64. The average Bonchev–Trinajstić information content (AvgIpc) is 3.15. The zero-order valence-corrected chi connectivity index (χ0v) is 18.4.